The van der Waals surface area contributed by atoms with E-state index in [2.05, 4.69) is 4.74 Å². The number of hydrogen-bond donors (Lipinski definition) is 0. The van der Waals surface area contributed by atoms with E-state index in [1.807, 2.05) is 6.92 Å². The van der Waals surface area contributed by atoms with E-state index in [9.17, 15) is 26.1 Å². The molecule has 0 aliphatic heterocycles. The Labute approximate surface area is 108 Å². The van der Waals surface area contributed by atoms with Crippen molar-refractivity contribution < 1.29 is 30.9 Å². The summed E-state index contributed by atoms with van der Waals surface area (Å²) in [5, 5.41) is 0. The maximum Gasteiger partial charge on any atom is 0.573 e. The highest BCUT2D eigenvalue weighted by molar-refractivity contribution is 7.85. The molecule has 0 aromatic heterocycles. The first-order chi connectivity index (χ1) is 8.54. The number of halogens is 3. The highest BCUT2D eigenvalue weighted by atomic mass is 32.2. The molecule has 0 amide bonds. The molecule has 0 fully saturated rings. The molecule has 0 saturated carbocycles. The van der Waals surface area contributed by atoms with Gasteiger partial charge in [0, 0.05) is 0 Å². The van der Waals surface area contributed by atoms with Crippen molar-refractivity contribution in [2.24, 2.45) is 0 Å². The molecule has 1 atom stereocenters. The second-order valence-corrected chi connectivity index (χ2v) is 5.37. The zero-order chi connectivity index (χ0) is 14.8. The molecule has 1 aromatic rings. The third kappa shape index (κ3) is 4.39. The molecule has 8 heteroatoms. The lowest BCUT2D eigenvalue weighted by atomic mass is 9.99. The zero-order valence-electron chi connectivity index (χ0n) is 10.2. The van der Waals surface area contributed by atoms with Crippen molar-refractivity contribution in [1.29, 1.82) is 0 Å². The van der Waals surface area contributed by atoms with Gasteiger partial charge >= 0.3 is 6.36 Å². The second-order valence-electron chi connectivity index (χ2n) is 4.02. The standard InChI is InChI=1S/C11H13F3O4S/c1-3-7(2)8-4-5-10(19(15,16)17)9(6-8)18-11(12,13)14/h4-7H,3H2,1-2H3,(H,15,16,17)/p-1. The Bertz CT molecular complexity index is 552. The van der Waals surface area contributed by atoms with Crippen molar-refractivity contribution in [3.05, 3.63) is 23.8 Å². The monoisotopic (exact) mass is 297 g/mol. The van der Waals surface area contributed by atoms with Crippen LogP contribution in [0.25, 0.3) is 0 Å². The van der Waals surface area contributed by atoms with E-state index in [4.69, 9.17) is 0 Å². The minimum atomic E-state index is -5.06. The van der Waals surface area contributed by atoms with E-state index in [1.165, 1.54) is 6.07 Å². The summed E-state index contributed by atoms with van der Waals surface area (Å²) >= 11 is 0. The Kier molecular flexibility index (Phi) is 4.46. The molecule has 0 aliphatic rings. The van der Waals surface area contributed by atoms with Gasteiger partial charge in [0.25, 0.3) is 0 Å². The summed E-state index contributed by atoms with van der Waals surface area (Å²) < 4.78 is 72.9. The van der Waals surface area contributed by atoms with Crippen LogP contribution in [0.5, 0.6) is 5.75 Å². The highest BCUT2D eigenvalue weighted by Gasteiger charge is 2.33. The van der Waals surface area contributed by atoms with Crippen LogP contribution in [0.2, 0.25) is 0 Å². The summed E-state index contributed by atoms with van der Waals surface area (Å²) in [5.41, 5.74) is 0.467. The van der Waals surface area contributed by atoms with Crippen LogP contribution in [-0.2, 0) is 10.1 Å². The molecule has 0 saturated heterocycles. The Hall–Kier alpha value is -1.28. The summed E-state index contributed by atoms with van der Waals surface area (Å²) in [7, 11) is -5.03. The summed E-state index contributed by atoms with van der Waals surface area (Å²) in [4.78, 5) is -1.02. The van der Waals surface area contributed by atoms with E-state index in [0.717, 1.165) is 12.1 Å². The molecule has 4 nitrogen and oxygen atoms in total. The van der Waals surface area contributed by atoms with Crippen molar-refractivity contribution in [3.63, 3.8) is 0 Å². The van der Waals surface area contributed by atoms with E-state index in [0.29, 0.717) is 12.0 Å². The molecule has 0 aliphatic carbocycles. The predicted molar refractivity (Wildman–Crippen MR) is 59.8 cm³/mol. The first-order valence-electron chi connectivity index (χ1n) is 5.40. The predicted octanol–water partition coefficient (Wildman–Crippen LogP) is 3.00. The highest BCUT2D eigenvalue weighted by Crippen LogP contribution is 2.33. The average molecular weight is 297 g/mol. The molecule has 0 radical (unpaired) electrons. The SMILES string of the molecule is CCC(C)c1ccc(S(=O)(=O)[O-])c(OC(F)(F)F)c1. The van der Waals surface area contributed by atoms with Gasteiger partial charge < -0.3 is 9.29 Å². The largest absolute Gasteiger partial charge is 0.744 e. The summed E-state index contributed by atoms with van der Waals surface area (Å²) in [5.74, 6) is -1.07. The van der Waals surface area contributed by atoms with Crippen molar-refractivity contribution in [1.82, 2.24) is 0 Å². The molecule has 1 aromatic carbocycles. The minimum absolute atomic E-state index is 0.0843. The zero-order valence-corrected chi connectivity index (χ0v) is 11.0. The molecule has 1 rings (SSSR count). The maximum atomic E-state index is 12.2. The van der Waals surface area contributed by atoms with Gasteiger partial charge in [-0.05, 0) is 30.0 Å². The Morgan fingerprint density at radius 2 is 1.95 bits per heavy atom. The first kappa shape index (κ1) is 15.8. The number of rotatable bonds is 4. The smallest absolute Gasteiger partial charge is 0.573 e. The fraction of sp³-hybridized carbons (Fsp3) is 0.455. The van der Waals surface area contributed by atoms with Crippen LogP contribution < -0.4 is 4.74 Å². The molecular weight excluding hydrogens is 285 g/mol. The van der Waals surface area contributed by atoms with Crippen molar-refractivity contribution >= 4 is 10.1 Å². The molecule has 1 unspecified atom stereocenters. The molecule has 0 bridgehead atoms. The maximum absolute atomic E-state index is 12.2. The van der Waals surface area contributed by atoms with Crippen LogP contribution in [0.3, 0.4) is 0 Å². The van der Waals surface area contributed by atoms with Gasteiger partial charge in [-0.1, -0.05) is 19.9 Å². The third-order valence-corrected chi connectivity index (χ3v) is 3.52. The van der Waals surface area contributed by atoms with Gasteiger partial charge in [-0.2, -0.15) is 0 Å². The van der Waals surface area contributed by atoms with Crippen LogP contribution in [0.1, 0.15) is 31.7 Å². The van der Waals surface area contributed by atoms with Gasteiger partial charge in [-0.15, -0.1) is 13.2 Å². The fourth-order valence-corrected chi connectivity index (χ4v) is 2.06. The average Bonchev–Trinajstić information content (AvgIpc) is 2.24. The van der Waals surface area contributed by atoms with Crippen molar-refractivity contribution in [2.45, 2.75) is 37.4 Å². The van der Waals surface area contributed by atoms with E-state index < -0.39 is 27.1 Å². The first-order valence-corrected chi connectivity index (χ1v) is 6.81. The normalized spacial score (nSPS) is 14.2. The number of alkyl halides is 3. The van der Waals surface area contributed by atoms with Crippen LogP contribution in [0, 0.1) is 0 Å². The minimum Gasteiger partial charge on any atom is -0.744 e. The fourth-order valence-electron chi connectivity index (χ4n) is 1.48. The van der Waals surface area contributed by atoms with Gasteiger partial charge in [0.1, 0.15) is 15.9 Å². The molecule has 19 heavy (non-hydrogen) atoms. The lowest BCUT2D eigenvalue weighted by Gasteiger charge is -2.18. The van der Waals surface area contributed by atoms with Gasteiger partial charge in [0.15, 0.2) is 0 Å². The van der Waals surface area contributed by atoms with E-state index >= 15 is 0 Å². The van der Waals surface area contributed by atoms with Gasteiger partial charge in [0.05, 0.1) is 4.90 Å². The summed E-state index contributed by atoms with van der Waals surface area (Å²) in [6.45, 7) is 3.59. The van der Waals surface area contributed by atoms with Crippen LogP contribution in [-0.4, -0.2) is 19.3 Å². The lowest BCUT2D eigenvalue weighted by Crippen LogP contribution is -2.19. The van der Waals surface area contributed by atoms with E-state index in [-0.39, 0.29) is 5.92 Å². The molecule has 108 valence electrons. The second kappa shape index (κ2) is 5.38. The van der Waals surface area contributed by atoms with Crippen LogP contribution >= 0.6 is 0 Å². The summed E-state index contributed by atoms with van der Waals surface area (Å²) in [6.07, 6.45) is -4.41. The Morgan fingerprint density at radius 1 is 1.37 bits per heavy atom. The third-order valence-electron chi connectivity index (χ3n) is 2.64. The number of benzene rings is 1. The quantitative estimate of drug-likeness (QED) is 0.801. The molecule has 0 N–H and O–H groups in total. The Morgan fingerprint density at radius 3 is 2.37 bits per heavy atom. The van der Waals surface area contributed by atoms with Crippen LogP contribution in [0.15, 0.2) is 23.1 Å². The van der Waals surface area contributed by atoms with Gasteiger partial charge in [-0.25, -0.2) is 8.42 Å². The lowest BCUT2D eigenvalue weighted by molar-refractivity contribution is -0.275. The van der Waals surface area contributed by atoms with Crippen molar-refractivity contribution in [2.75, 3.05) is 0 Å². The van der Waals surface area contributed by atoms with E-state index in [1.54, 1.807) is 6.92 Å². The molecule has 0 spiro atoms. The number of ether oxygens (including phenoxy) is 1. The van der Waals surface area contributed by atoms with Crippen molar-refractivity contribution in [3.8, 4) is 5.75 Å². The Balaban J connectivity index is 3.35. The molecule has 0 heterocycles. The van der Waals surface area contributed by atoms with Crippen LogP contribution in [0.4, 0.5) is 13.2 Å². The number of hydrogen-bond acceptors (Lipinski definition) is 4. The summed E-state index contributed by atoms with van der Waals surface area (Å²) in [6, 6.07) is 3.08. The van der Waals surface area contributed by atoms with Gasteiger partial charge in [0.2, 0.25) is 0 Å². The van der Waals surface area contributed by atoms with Gasteiger partial charge in [-0.3, -0.25) is 0 Å². The molecular formula is C11H12F3O4S-. The topological polar surface area (TPSA) is 66.4 Å².